The Morgan fingerprint density at radius 1 is 1.04 bits per heavy atom. The Morgan fingerprint density at radius 3 is 2.46 bits per heavy atom. The number of rotatable bonds is 2. The Hall–Kier alpha value is -1.44. The van der Waals surface area contributed by atoms with Gasteiger partial charge in [-0.1, -0.05) is 57.4 Å². The number of hydrogen-bond acceptors (Lipinski definition) is 2. The number of anilines is 1. The highest BCUT2D eigenvalue weighted by Gasteiger charge is 2.54. The number of para-hydroxylation sites is 1. The van der Waals surface area contributed by atoms with Crippen molar-refractivity contribution < 1.29 is 0 Å². The van der Waals surface area contributed by atoms with E-state index in [1.807, 2.05) is 0 Å². The summed E-state index contributed by atoms with van der Waals surface area (Å²) in [7, 11) is 0. The summed E-state index contributed by atoms with van der Waals surface area (Å²) in [6, 6.07) is 10.1. The van der Waals surface area contributed by atoms with Crippen molar-refractivity contribution in [1.82, 2.24) is 4.90 Å². The molecule has 1 aliphatic carbocycles. The van der Waals surface area contributed by atoms with Crippen LogP contribution in [-0.2, 0) is 0 Å². The zero-order valence-corrected chi connectivity index (χ0v) is 15.7. The van der Waals surface area contributed by atoms with Crippen molar-refractivity contribution in [2.24, 2.45) is 11.3 Å². The summed E-state index contributed by atoms with van der Waals surface area (Å²) in [6.45, 7) is 9.53. The molecule has 130 valence electrons. The van der Waals surface area contributed by atoms with E-state index >= 15 is 0 Å². The predicted octanol–water partition coefficient (Wildman–Crippen LogP) is 5.33. The van der Waals surface area contributed by atoms with E-state index in [1.165, 1.54) is 43.4 Å². The quantitative estimate of drug-likeness (QED) is 0.725. The molecule has 24 heavy (non-hydrogen) atoms. The van der Waals surface area contributed by atoms with E-state index in [-0.39, 0.29) is 5.41 Å². The molecule has 2 nitrogen and oxygen atoms in total. The minimum Gasteiger partial charge on any atom is -0.352 e. The zero-order valence-electron chi connectivity index (χ0n) is 15.7. The van der Waals surface area contributed by atoms with E-state index in [0.717, 1.165) is 5.92 Å². The molecule has 1 aromatic carbocycles. The van der Waals surface area contributed by atoms with Crippen LogP contribution in [0.4, 0.5) is 5.69 Å². The van der Waals surface area contributed by atoms with Gasteiger partial charge in [0.05, 0.1) is 6.04 Å². The maximum absolute atomic E-state index is 2.77. The third kappa shape index (κ3) is 2.37. The van der Waals surface area contributed by atoms with Gasteiger partial charge in [0.25, 0.3) is 0 Å². The molecule has 2 unspecified atom stereocenters. The van der Waals surface area contributed by atoms with Gasteiger partial charge in [0, 0.05) is 17.1 Å². The lowest BCUT2D eigenvalue weighted by Gasteiger charge is -2.40. The van der Waals surface area contributed by atoms with Crippen LogP contribution in [0.3, 0.4) is 0 Å². The van der Waals surface area contributed by atoms with Crippen molar-refractivity contribution in [2.75, 3.05) is 4.90 Å². The Bertz CT molecular complexity index is 627. The average molecular weight is 325 g/mol. The first kappa shape index (κ1) is 16.1. The van der Waals surface area contributed by atoms with Crippen LogP contribution in [0.1, 0.15) is 58.4 Å². The van der Waals surface area contributed by atoms with E-state index in [4.69, 9.17) is 0 Å². The molecule has 2 aliphatic heterocycles. The van der Waals surface area contributed by atoms with Gasteiger partial charge >= 0.3 is 0 Å². The molecule has 0 N–H and O–H groups in total. The lowest BCUT2D eigenvalue weighted by molar-refractivity contribution is 0.151. The second-order valence-corrected chi connectivity index (χ2v) is 8.78. The van der Waals surface area contributed by atoms with Crippen molar-refractivity contribution in [3.8, 4) is 0 Å². The number of fused-ring (bicyclic) bond motifs is 1. The number of hydrogen-bond donors (Lipinski definition) is 0. The summed E-state index contributed by atoms with van der Waals surface area (Å²) in [6.07, 6.45) is 12.4. The van der Waals surface area contributed by atoms with Crippen LogP contribution in [0.2, 0.25) is 0 Å². The molecule has 3 aliphatic rings. The maximum atomic E-state index is 2.77. The van der Waals surface area contributed by atoms with E-state index < -0.39 is 0 Å². The lowest BCUT2D eigenvalue weighted by Crippen LogP contribution is -2.45. The van der Waals surface area contributed by atoms with Crippen LogP contribution >= 0.6 is 0 Å². The summed E-state index contributed by atoms with van der Waals surface area (Å²) in [5, 5.41) is 0. The highest BCUT2D eigenvalue weighted by Crippen LogP contribution is 2.49. The van der Waals surface area contributed by atoms with Crippen molar-refractivity contribution in [3.63, 3.8) is 0 Å². The van der Waals surface area contributed by atoms with Crippen molar-refractivity contribution >= 4 is 5.69 Å². The third-order valence-corrected chi connectivity index (χ3v) is 6.71. The van der Waals surface area contributed by atoms with Crippen molar-refractivity contribution in [2.45, 2.75) is 78.0 Å². The molecule has 0 spiro atoms. The molecule has 0 aromatic heterocycles. The van der Waals surface area contributed by atoms with E-state index in [1.54, 1.807) is 0 Å². The van der Waals surface area contributed by atoms with Crippen LogP contribution in [0.25, 0.3) is 0 Å². The van der Waals surface area contributed by atoms with E-state index in [9.17, 15) is 0 Å². The normalized spacial score (nSPS) is 32.4. The zero-order chi connectivity index (χ0) is 16.9. The summed E-state index contributed by atoms with van der Waals surface area (Å²) in [5.74, 6) is 0.796. The topological polar surface area (TPSA) is 6.48 Å². The fourth-order valence-corrected chi connectivity index (χ4v) is 5.63. The first-order chi connectivity index (χ1) is 11.5. The second-order valence-electron chi connectivity index (χ2n) is 8.78. The standard InChI is InChI=1S/C22H32N2/c1-16-10-8-9-13-19(16)24-17(2)20-22(3,4)14-15-23(20)21(24)18-11-6-5-7-12-18/h8-10,13-15,17-18,20-21H,5-7,11-12H2,1-4H3/t17-,20?,21?/m0/s1. The lowest BCUT2D eigenvalue weighted by atomic mass is 9.83. The highest BCUT2D eigenvalue weighted by molar-refractivity contribution is 5.57. The number of aryl methyl sites for hydroxylation is 1. The fraction of sp³-hybridized carbons (Fsp3) is 0.636. The summed E-state index contributed by atoms with van der Waals surface area (Å²) >= 11 is 0. The fourth-order valence-electron chi connectivity index (χ4n) is 5.63. The van der Waals surface area contributed by atoms with Crippen LogP contribution in [0, 0.1) is 18.3 Å². The van der Waals surface area contributed by atoms with Gasteiger partial charge < -0.3 is 9.80 Å². The molecular formula is C22H32N2. The molecule has 0 bridgehead atoms. The van der Waals surface area contributed by atoms with E-state index in [2.05, 4.69) is 74.0 Å². The molecule has 2 fully saturated rings. The predicted molar refractivity (Wildman–Crippen MR) is 102 cm³/mol. The molecular weight excluding hydrogens is 292 g/mol. The monoisotopic (exact) mass is 324 g/mol. The van der Waals surface area contributed by atoms with Gasteiger partial charge in [-0.3, -0.25) is 0 Å². The molecule has 3 atom stereocenters. The molecule has 1 aromatic rings. The molecule has 2 heterocycles. The maximum Gasteiger partial charge on any atom is 0.105 e. The Kier molecular flexibility index (Phi) is 3.89. The minimum atomic E-state index is 0.254. The molecule has 0 radical (unpaired) electrons. The van der Waals surface area contributed by atoms with Gasteiger partial charge in [-0.05, 0) is 50.4 Å². The summed E-state index contributed by atoms with van der Waals surface area (Å²) < 4.78 is 0. The van der Waals surface area contributed by atoms with Crippen molar-refractivity contribution in [3.05, 3.63) is 42.1 Å². The molecule has 2 heteroatoms. The SMILES string of the molecule is Cc1ccccc1N1C(C2CCCCC2)N2C=CC(C)(C)C2[C@@H]1C. The second kappa shape index (κ2) is 5.82. The van der Waals surface area contributed by atoms with Crippen molar-refractivity contribution in [1.29, 1.82) is 0 Å². The van der Waals surface area contributed by atoms with Crippen LogP contribution in [-0.4, -0.2) is 23.1 Å². The molecule has 4 rings (SSSR count). The van der Waals surface area contributed by atoms with Crippen LogP contribution < -0.4 is 4.90 Å². The Morgan fingerprint density at radius 2 is 1.75 bits per heavy atom. The summed E-state index contributed by atoms with van der Waals surface area (Å²) in [5.41, 5.74) is 3.11. The van der Waals surface area contributed by atoms with Gasteiger partial charge in [-0.2, -0.15) is 0 Å². The summed E-state index contributed by atoms with van der Waals surface area (Å²) in [4.78, 5) is 5.48. The number of nitrogens with zero attached hydrogens (tertiary/aromatic N) is 2. The van der Waals surface area contributed by atoms with Gasteiger partial charge in [0.15, 0.2) is 0 Å². The van der Waals surface area contributed by atoms with E-state index in [0.29, 0.717) is 18.2 Å². The molecule has 0 amide bonds. The van der Waals surface area contributed by atoms with Crippen LogP contribution in [0.5, 0.6) is 0 Å². The third-order valence-electron chi connectivity index (χ3n) is 6.71. The smallest absolute Gasteiger partial charge is 0.105 e. The first-order valence-corrected chi connectivity index (χ1v) is 9.81. The van der Waals surface area contributed by atoms with Gasteiger partial charge in [0.2, 0.25) is 0 Å². The van der Waals surface area contributed by atoms with Gasteiger partial charge in [0.1, 0.15) is 6.17 Å². The average Bonchev–Trinajstić information content (AvgIpc) is 3.04. The molecule has 1 saturated heterocycles. The number of benzene rings is 1. The highest BCUT2D eigenvalue weighted by atomic mass is 15.5. The van der Waals surface area contributed by atoms with Gasteiger partial charge in [-0.15, -0.1) is 0 Å². The van der Waals surface area contributed by atoms with Gasteiger partial charge in [-0.25, -0.2) is 0 Å². The van der Waals surface area contributed by atoms with Crippen LogP contribution in [0.15, 0.2) is 36.5 Å². The minimum absolute atomic E-state index is 0.254. The Labute approximate surface area is 147 Å². The molecule has 1 saturated carbocycles. The first-order valence-electron chi connectivity index (χ1n) is 9.81. The largest absolute Gasteiger partial charge is 0.352 e. The Balaban J connectivity index is 1.77.